The van der Waals surface area contributed by atoms with Crippen LogP contribution in [0.1, 0.15) is 15.9 Å². The lowest BCUT2D eigenvalue weighted by Crippen LogP contribution is -2.18. The molecule has 0 saturated carbocycles. The van der Waals surface area contributed by atoms with Crippen LogP contribution in [0.2, 0.25) is 0 Å². The molecule has 0 unspecified atom stereocenters. The van der Waals surface area contributed by atoms with E-state index in [0.717, 1.165) is 0 Å². The van der Waals surface area contributed by atoms with Crippen LogP contribution in [0.15, 0.2) is 31.0 Å². The van der Waals surface area contributed by atoms with Crippen molar-refractivity contribution in [1.29, 1.82) is 0 Å². The Hall–Kier alpha value is -2.81. The van der Waals surface area contributed by atoms with E-state index >= 15 is 0 Å². The van der Waals surface area contributed by atoms with Crippen molar-refractivity contribution in [3.05, 3.63) is 42.1 Å². The summed E-state index contributed by atoms with van der Waals surface area (Å²) in [5.41, 5.74) is 7.13. The molecule has 106 valence electrons. The summed E-state index contributed by atoms with van der Waals surface area (Å²) in [4.78, 5) is 16.6. The molecule has 0 fully saturated rings. The van der Waals surface area contributed by atoms with Crippen molar-refractivity contribution in [3.63, 3.8) is 0 Å². The zero-order valence-electron chi connectivity index (χ0n) is 11.0. The molecule has 1 amide bonds. The van der Waals surface area contributed by atoms with E-state index in [4.69, 9.17) is 18.0 Å². The fraction of sp³-hybridized carbons (Fsp3) is 0.0833. The Morgan fingerprint density at radius 2 is 2.05 bits per heavy atom. The van der Waals surface area contributed by atoms with E-state index < -0.39 is 0 Å². The molecule has 0 aliphatic carbocycles. The predicted octanol–water partition coefficient (Wildman–Crippen LogP) is 0.349. The highest BCUT2D eigenvalue weighted by Crippen LogP contribution is 2.16. The molecule has 3 N–H and O–H groups in total. The highest BCUT2D eigenvalue weighted by Gasteiger charge is 2.17. The monoisotopic (exact) mass is 301 g/mol. The number of fused-ring (bicyclic) bond motifs is 1. The third kappa shape index (κ3) is 2.23. The van der Waals surface area contributed by atoms with Crippen LogP contribution in [0.4, 0.5) is 5.82 Å². The number of aryl methyl sites for hydroxylation is 1. The van der Waals surface area contributed by atoms with Gasteiger partial charge >= 0.3 is 0 Å². The number of hydrogen-bond acceptors (Lipinski definition) is 5. The first-order valence-electron chi connectivity index (χ1n) is 5.98. The lowest BCUT2D eigenvalue weighted by molar-refractivity contribution is 0.102. The van der Waals surface area contributed by atoms with Crippen molar-refractivity contribution in [1.82, 2.24) is 24.4 Å². The number of carbonyl (C=O) groups excluding carboxylic acids is 1. The lowest BCUT2D eigenvalue weighted by Gasteiger charge is -2.07. The molecule has 0 aromatic carbocycles. The molecule has 3 rings (SSSR count). The molecule has 8 nitrogen and oxygen atoms in total. The molecule has 0 bridgehead atoms. The van der Waals surface area contributed by atoms with Crippen molar-refractivity contribution >= 4 is 34.4 Å². The van der Waals surface area contributed by atoms with Gasteiger partial charge in [0.1, 0.15) is 10.8 Å². The summed E-state index contributed by atoms with van der Waals surface area (Å²) < 4.78 is 3.07. The largest absolute Gasteiger partial charge is 0.389 e. The topological polar surface area (TPSA) is 103 Å². The first kappa shape index (κ1) is 13.2. The zero-order chi connectivity index (χ0) is 15.0. The molecule has 0 radical (unpaired) electrons. The van der Waals surface area contributed by atoms with Gasteiger partial charge in [0.25, 0.3) is 5.91 Å². The standard InChI is InChI=1S/C12H11N7OS/c1-18-11(8(5-15-18)10(13)21)17-12(20)7-4-16-19-3-2-14-6-9(7)19/h2-6H,1H3,(H2,13,21)(H,17,20). The van der Waals surface area contributed by atoms with Crippen LogP contribution in [-0.2, 0) is 7.05 Å². The van der Waals surface area contributed by atoms with E-state index in [9.17, 15) is 4.79 Å². The van der Waals surface area contributed by atoms with E-state index in [-0.39, 0.29) is 10.9 Å². The Bertz CT molecular complexity index is 850. The number of carbonyl (C=O) groups is 1. The normalized spacial score (nSPS) is 10.7. The maximum atomic E-state index is 12.4. The number of nitrogens with two attached hydrogens (primary N) is 1. The Kier molecular flexibility index (Phi) is 3.10. The number of nitrogens with one attached hydrogen (secondary N) is 1. The second-order valence-electron chi connectivity index (χ2n) is 4.31. The fourth-order valence-electron chi connectivity index (χ4n) is 1.95. The zero-order valence-corrected chi connectivity index (χ0v) is 11.8. The average molecular weight is 301 g/mol. The highest BCUT2D eigenvalue weighted by atomic mass is 32.1. The molecule has 3 heterocycles. The van der Waals surface area contributed by atoms with Crippen molar-refractivity contribution in [2.45, 2.75) is 0 Å². The van der Waals surface area contributed by atoms with Gasteiger partial charge < -0.3 is 11.1 Å². The third-order valence-corrected chi connectivity index (χ3v) is 3.23. The van der Waals surface area contributed by atoms with E-state index in [1.54, 1.807) is 30.2 Å². The number of rotatable bonds is 3. The molecular weight excluding hydrogens is 290 g/mol. The molecule has 0 saturated heterocycles. The van der Waals surface area contributed by atoms with Gasteiger partial charge in [0, 0.05) is 19.4 Å². The number of hydrogen-bond donors (Lipinski definition) is 2. The van der Waals surface area contributed by atoms with Gasteiger partial charge in [-0.15, -0.1) is 0 Å². The minimum absolute atomic E-state index is 0.167. The van der Waals surface area contributed by atoms with Gasteiger partial charge in [0.05, 0.1) is 35.2 Å². The first-order chi connectivity index (χ1) is 10.1. The van der Waals surface area contributed by atoms with Gasteiger partial charge in [-0.05, 0) is 0 Å². The van der Waals surface area contributed by atoms with Crippen LogP contribution in [0, 0.1) is 0 Å². The first-order valence-corrected chi connectivity index (χ1v) is 6.39. The van der Waals surface area contributed by atoms with Crippen molar-refractivity contribution in [3.8, 4) is 0 Å². The third-order valence-electron chi connectivity index (χ3n) is 3.01. The maximum absolute atomic E-state index is 12.4. The highest BCUT2D eigenvalue weighted by molar-refractivity contribution is 7.80. The maximum Gasteiger partial charge on any atom is 0.260 e. The fourth-order valence-corrected chi connectivity index (χ4v) is 2.10. The predicted molar refractivity (Wildman–Crippen MR) is 80.0 cm³/mol. The molecule has 0 spiro atoms. The van der Waals surface area contributed by atoms with Crippen molar-refractivity contribution in [2.75, 3.05) is 5.32 Å². The summed E-state index contributed by atoms with van der Waals surface area (Å²) >= 11 is 4.94. The number of aromatic nitrogens is 5. The number of nitrogens with zero attached hydrogens (tertiary/aromatic N) is 5. The van der Waals surface area contributed by atoms with Gasteiger partial charge in [0.2, 0.25) is 0 Å². The van der Waals surface area contributed by atoms with Gasteiger partial charge in [-0.25, -0.2) is 4.52 Å². The minimum atomic E-state index is -0.334. The van der Waals surface area contributed by atoms with Crippen LogP contribution in [0.3, 0.4) is 0 Å². The van der Waals surface area contributed by atoms with Crippen LogP contribution < -0.4 is 11.1 Å². The molecular formula is C12H11N7OS. The molecule has 3 aromatic rings. The van der Waals surface area contributed by atoms with Crippen molar-refractivity contribution in [2.24, 2.45) is 12.8 Å². The van der Waals surface area contributed by atoms with Crippen LogP contribution in [0.5, 0.6) is 0 Å². The summed E-state index contributed by atoms with van der Waals surface area (Å²) in [5.74, 6) is 0.106. The van der Waals surface area contributed by atoms with Gasteiger partial charge in [-0.3, -0.25) is 14.5 Å². The molecule has 0 aliphatic heterocycles. The summed E-state index contributed by atoms with van der Waals surface area (Å²) in [7, 11) is 1.69. The smallest absolute Gasteiger partial charge is 0.260 e. The van der Waals surface area contributed by atoms with Gasteiger partial charge in [-0.1, -0.05) is 12.2 Å². The second-order valence-corrected chi connectivity index (χ2v) is 4.75. The van der Waals surface area contributed by atoms with Crippen LogP contribution >= 0.6 is 12.2 Å². The molecule has 21 heavy (non-hydrogen) atoms. The Balaban J connectivity index is 1.97. The molecule has 0 atom stereocenters. The number of anilines is 1. The van der Waals surface area contributed by atoms with E-state index in [1.807, 2.05) is 0 Å². The number of thiocarbonyl (C=S) groups is 1. The minimum Gasteiger partial charge on any atom is -0.389 e. The Labute approximate surface area is 124 Å². The number of amides is 1. The SMILES string of the molecule is Cn1ncc(C(N)=S)c1NC(=O)c1cnn2ccncc12. The van der Waals surface area contributed by atoms with Crippen molar-refractivity contribution < 1.29 is 4.79 Å². The average Bonchev–Trinajstić information content (AvgIpc) is 3.03. The quantitative estimate of drug-likeness (QED) is 0.677. The summed E-state index contributed by atoms with van der Waals surface area (Å²) in [6.07, 6.45) is 7.81. The Morgan fingerprint density at radius 3 is 2.81 bits per heavy atom. The lowest BCUT2D eigenvalue weighted by atomic mass is 10.2. The summed E-state index contributed by atoms with van der Waals surface area (Å²) in [5, 5.41) is 10.9. The van der Waals surface area contributed by atoms with Gasteiger partial charge in [0.15, 0.2) is 0 Å². The summed E-state index contributed by atoms with van der Waals surface area (Å²) in [6, 6.07) is 0. The van der Waals surface area contributed by atoms with Crippen LogP contribution in [-0.4, -0.2) is 35.3 Å². The van der Waals surface area contributed by atoms with Gasteiger partial charge in [-0.2, -0.15) is 10.2 Å². The van der Waals surface area contributed by atoms with E-state index in [2.05, 4.69) is 20.5 Å². The summed E-state index contributed by atoms with van der Waals surface area (Å²) in [6.45, 7) is 0. The molecule has 3 aromatic heterocycles. The Morgan fingerprint density at radius 1 is 1.29 bits per heavy atom. The van der Waals surface area contributed by atoms with Crippen LogP contribution in [0.25, 0.3) is 5.52 Å². The van der Waals surface area contributed by atoms with E-state index in [1.165, 1.54) is 17.1 Å². The second kappa shape index (κ2) is 4.94. The van der Waals surface area contributed by atoms with E-state index in [0.29, 0.717) is 22.5 Å². The molecule has 0 aliphatic rings. The molecule has 9 heteroatoms.